The molecule has 0 aliphatic carbocycles. The molecule has 1 saturated heterocycles. The molecule has 4 aliphatic rings. The average Bonchev–Trinajstić information content (AvgIpc) is 3.34. The second kappa shape index (κ2) is 9.23. The smallest absolute Gasteiger partial charge is 0.266 e. The zero-order valence-corrected chi connectivity index (χ0v) is 20.0. The summed E-state index contributed by atoms with van der Waals surface area (Å²) >= 11 is 0. The minimum atomic E-state index is -2.89. The summed E-state index contributed by atoms with van der Waals surface area (Å²) in [6, 6.07) is 5.33. The standard InChI is InChI=1S/C25H29F3N6O/c1-14(16-5-4-6-17(20(16)26)21(27)28)31-22-18-13-19(25(35-3)7-9-29-10-8-25)24-30-11-12-34(24)23(18)33-15(2)32-22/h4-6,13-14,21,29-30H,7-12H2,1-3H3/t14-/m1/s1. The van der Waals surface area contributed by atoms with Crippen molar-refractivity contribution in [3.05, 3.63) is 58.1 Å². The predicted octanol–water partition coefficient (Wildman–Crippen LogP) is 4.08. The van der Waals surface area contributed by atoms with Gasteiger partial charge in [-0.1, -0.05) is 18.2 Å². The summed E-state index contributed by atoms with van der Waals surface area (Å²) in [6.45, 7) is 6.64. The van der Waals surface area contributed by atoms with Crippen LogP contribution in [0, 0.1) is 12.7 Å². The molecule has 0 amide bonds. The lowest BCUT2D eigenvalue weighted by Crippen LogP contribution is -2.42. The number of aromatic nitrogens is 3. The summed E-state index contributed by atoms with van der Waals surface area (Å²) in [5, 5.41) is 6.89. The van der Waals surface area contributed by atoms with Crippen molar-refractivity contribution in [1.82, 2.24) is 19.9 Å². The van der Waals surface area contributed by atoms with Crippen molar-refractivity contribution < 1.29 is 17.9 Å². The summed E-state index contributed by atoms with van der Waals surface area (Å²) in [7, 11) is 1.74. The molecule has 1 atom stereocenters. The highest BCUT2D eigenvalue weighted by atomic mass is 19.3. The lowest BCUT2D eigenvalue weighted by Gasteiger charge is -2.38. The number of fused-ring (bicyclic) bond motifs is 3. The Kier molecular flexibility index (Phi) is 6.27. The number of anilines is 1. The summed E-state index contributed by atoms with van der Waals surface area (Å²) in [5.74, 6) is 1.31. The number of pyridine rings is 1. The normalized spacial score (nSPS) is 18.7. The van der Waals surface area contributed by atoms with Gasteiger partial charge in [-0.25, -0.2) is 23.1 Å². The fourth-order valence-corrected chi connectivity index (χ4v) is 5.22. The Bertz CT molecular complexity index is 1280. The fourth-order valence-electron chi connectivity index (χ4n) is 5.22. The molecule has 7 nitrogen and oxygen atoms in total. The number of nitrogens with one attached hydrogen (secondary N) is 2. The average molecular weight is 487 g/mol. The number of methoxy groups -OCH3 is 1. The van der Waals surface area contributed by atoms with E-state index in [0.717, 1.165) is 67.9 Å². The largest absolute Gasteiger partial charge is 0.373 e. The van der Waals surface area contributed by atoms with Gasteiger partial charge in [0, 0.05) is 31.3 Å². The molecule has 0 radical (unpaired) electrons. The number of nitrogens with zero attached hydrogens (tertiary/aromatic N) is 4. The number of rotatable bonds is 5. The molecule has 4 aliphatic heterocycles. The van der Waals surface area contributed by atoms with Crippen molar-refractivity contribution in [3.63, 3.8) is 0 Å². The first-order chi connectivity index (χ1) is 16.8. The summed E-state index contributed by atoms with van der Waals surface area (Å²) in [6.07, 6.45) is -1.27. The third-order valence-electron chi connectivity index (χ3n) is 7.07. The molecule has 0 bridgehead atoms. The Hall–Kier alpha value is -2.98. The maximum atomic E-state index is 14.8. The van der Waals surface area contributed by atoms with E-state index in [4.69, 9.17) is 14.7 Å². The molecular formula is C25H29F3N6O. The molecule has 0 spiro atoms. The molecule has 2 N–H and O–H groups in total. The maximum Gasteiger partial charge on any atom is 0.266 e. The molecule has 1 fully saturated rings. The zero-order valence-electron chi connectivity index (χ0n) is 20.0. The molecule has 10 heteroatoms. The van der Waals surface area contributed by atoms with Crippen LogP contribution in [0.15, 0.2) is 29.3 Å². The van der Waals surface area contributed by atoms with Gasteiger partial charge in [0.2, 0.25) is 0 Å². The number of alkyl halides is 2. The van der Waals surface area contributed by atoms with Gasteiger partial charge in [-0.15, -0.1) is 0 Å². The SMILES string of the molecule is COC1(c2cc3c(=N[C@H](C)c4cccc(C(F)F)c4F)nc(C)nc-3n3c2NCC3)CCNCC1. The Balaban J connectivity index is 1.71. The first kappa shape index (κ1) is 23.7. The molecule has 35 heavy (non-hydrogen) atoms. The van der Waals surface area contributed by atoms with E-state index in [9.17, 15) is 13.2 Å². The summed E-state index contributed by atoms with van der Waals surface area (Å²) in [4.78, 5) is 14.0. The van der Waals surface area contributed by atoms with E-state index >= 15 is 0 Å². The van der Waals surface area contributed by atoms with Gasteiger partial charge in [-0.3, -0.25) is 4.99 Å². The lowest BCUT2D eigenvalue weighted by molar-refractivity contribution is -0.0388. The molecule has 5 rings (SSSR count). The van der Waals surface area contributed by atoms with Crippen molar-refractivity contribution in [2.75, 3.05) is 32.1 Å². The number of ether oxygens (including phenoxy) is 1. The molecule has 1 aromatic rings. The van der Waals surface area contributed by atoms with Crippen LogP contribution in [0.5, 0.6) is 0 Å². The number of benzene rings is 1. The van der Waals surface area contributed by atoms with Gasteiger partial charge in [0.1, 0.15) is 23.3 Å². The van der Waals surface area contributed by atoms with Crippen molar-refractivity contribution >= 4 is 5.82 Å². The molecule has 0 saturated carbocycles. The van der Waals surface area contributed by atoms with Crippen LogP contribution in [0.25, 0.3) is 11.4 Å². The Morgan fingerprint density at radius 1 is 1.14 bits per heavy atom. The first-order valence-electron chi connectivity index (χ1n) is 11.9. The van der Waals surface area contributed by atoms with Gasteiger partial charge in [0.15, 0.2) is 5.49 Å². The van der Waals surface area contributed by atoms with Crippen molar-refractivity contribution in [3.8, 4) is 11.4 Å². The molecule has 0 unspecified atom stereocenters. The van der Waals surface area contributed by atoms with E-state index in [1.165, 1.54) is 12.1 Å². The lowest BCUT2D eigenvalue weighted by atomic mass is 9.84. The van der Waals surface area contributed by atoms with E-state index in [0.29, 0.717) is 11.3 Å². The number of halogens is 3. The Labute approximate surface area is 201 Å². The van der Waals surface area contributed by atoms with E-state index in [-0.39, 0.29) is 5.56 Å². The van der Waals surface area contributed by atoms with Gasteiger partial charge in [-0.2, -0.15) is 0 Å². The van der Waals surface area contributed by atoms with Crippen LogP contribution in [0.1, 0.15) is 54.7 Å². The van der Waals surface area contributed by atoms with Crippen LogP contribution in [0.4, 0.5) is 19.0 Å². The van der Waals surface area contributed by atoms with E-state index in [1.54, 1.807) is 21.0 Å². The topological polar surface area (TPSA) is 76.4 Å². The Morgan fingerprint density at radius 2 is 1.89 bits per heavy atom. The van der Waals surface area contributed by atoms with Gasteiger partial charge in [0.05, 0.1) is 22.8 Å². The fraction of sp³-hybridized carbons (Fsp3) is 0.480. The molecule has 4 heterocycles. The second-order valence-corrected chi connectivity index (χ2v) is 9.12. The molecular weight excluding hydrogens is 457 g/mol. The molecule has 0 aromatic heterocycles. The highest BCUT2D eigenvalue weighted by molar-refractivity contribution is 5.67. The van der Waals surface area contributed by atoms with Crippen LogP contribution in [-0.4, -0.2) is 41.3 Å². The van der Waals surface area contributed by atoms with Crippen LogP contribution in [0.3, 0.4) is 0 Å². The van der Waals surface area contributed by atoms with E-state index < -0.39 is 29.4 Å². The van der Waals surface area contributed by atoms with E-state index in [2.05, 4.69) is 20.2 Å². The molecule has 1 aromatic carbocycles. The quantitative estimate of drug-likeness (QED) is 0.569. The van der Waals surface area contributed by atoms with E-state index in [1.807, 2.05) is 6.07 Å². The predicted molar refractivity (Wildman–Crippen MR) is 126 cm³/mol. The van der Waals surface area contributed by atoms with Crippen molar-refractivity contribution in [2.24, 2.45) is 4.99 Å². The highest BCUT2D eigenvalue weighted by Gasteiger charge is 2.39. The van der Waals surface area contributed by atoms with Gasteiger partial charge in [0.25, 0.3) is 6.43 Å². The first-order valence-corrected chi connectivity index (χ1v) is 11.9. The zero-order chi connectivity index (χ0) is 24.7. The monoisotopic (exact) mass is 486 g/mol. The van der Waals surface area contributed by atoms with Crippen LogP contribution < -0.4 is 16.1 Å². The van der Waals surface area contributed by atoms with Gasteiger partial charge in [-0.05, 0) is 45.8 Å². The number of aryl methyl sites for hydroxylation is 1. The number of hydrogen-bond donors (Lipinski definition) is 2. The number of piperidine rings is 1. The number of hydrogen-bond acceptors (Lipinski definition) is 6. The third kappa shape index (κ3) is 4.08. The van der Waals surface area contributed by atoms with Crippen molar-refractivity contribution in [1.29, 1.82) is 0 Å². The third-order valence-corrected chi connectivity index (χ3v) is 7.07. The summed E-state index contributed by atoms with van der Waals surface area (Å²) < 4.78 is 49.6. The van der Waals surface area contributed by atoms with Crippen LogP contribution in [-0.2, 0) is 16.9 Å². The minimum Gasteiger partial charge on any atom is -0.373 e. The minimum absolute atomic E-state index is 0.106. The van der Waals surface area contributed by atoms with Crippen LogP contribution in [0.2, 0.25) is 0 Å². The van der Waals surface area contributed by atoms with Crippen LogP contribution >= 0.6 is 0 Å². The van der Waals surface area contributed by atoms with Gasteiger partial charge < -0.3 is 19.9 Å². The Morgan fingerprint density at radius 3 is 2.60 bits per heavy atom. The van der Waals surface area contributed by atoms with Gasteiger partial charge >= 0.3 is 0 Å². The second-order valence-electron chi connectivity index (χ2n) is 9.12. The molecule has 186 valence electrons. The summed E-state index contributed by atoms with van der Waals surface area (Å²) in [5.41, 5.74) is 1.17. The van der Waals surface area contributed by atoms with Crippen molar-refractivity contribution in [2.45, 2.75) is 51.3 Å². The highest BCUT2D eigenvalue weighted by Crippen LogP contribution is 2.42. The maximum absolute atomic E-state index is 14.8.